The maximum Gasteiger partial charge on any atom is 0.293 e. The summed E-state index contributed by atoms with van der Waals surface area (Å²) in [5.74, 6) is -0.711. The first-order valence-corrected chi connectivity index (χ1v) is 8.05. The number of amides is 1. The van der Waals surface area contributed by atoms with Gasteiger partial charge in [0, 0.05) is 18.7 Å². The van der Waals surface area contributed by atoms with E-state index >= 15 is 0 Å². The van der Waals surface area contributed by atoms with Crippen molar-refractivity contribution in [3.8, 4) is 0 Å². The number of hydrogen-bond acceptors (Lipinski definition) is 4. The van der Waals surface area contributed by atoms with E-state index in [0.29, 0.717) is 5.69 Å². The molecule has 2 aromatic carbocycles. The molecule has 1 atom stereocenters. The van der Waals surface area contributed by atoms with Gasteiger partial charge in [0.1, 0.15) is 11.5 Å². The van der Waals surface area contributed by atoms with Gasteiger partial charge < -0.3 is 10.6 Å². The molecule has 0 radical (unpaired) electrons. The van der Waals surface area contributed by atoms with Gasteiger partial charge in [-0.15, -0.1) is 0 Å². The van der Waals surface area contributed by atoms with E-state index in [0.717, 1.165) is 30.4 Å². The average molecular weight is 343 g/mol. The van der Waals surface area contributed by atoms with Crippen LogP contribution in [0.15, 0.2) is 36.4 Å². The summed E-state index contributed by atoms with van der Waals surface area (Å²) >= 11 is 0. The number of nitro groups is 1. The first kappa shape index (κ1) is 16.9. The number of halogens is 1. The van der Waals surface area contributed by atoms with Gasteiger partial charge in [-0.25, -0.2) is 4.39 Å². The van der Waals surface area contributed by atoms with Gasteiger partial charge in [0.25, 0.3) is 11.6 Å². The number of fused-ring (bicyclic) bond motifs is 1. The van der Waals surface area contributed by atoms with Gasteiger partial charge in [-0.1, -0.05) is 6.07 Å². The first-order chi connectivity index (χ1) is 12.0. The second-order valence-corrected chi connectivity index (χ2v) is 6.00. The maximum absolute atomic E-state index is 13.6. The molecule has 130 valence electrons. The minimum atomic E-state index is -0.524. The molecule has 2 aromatic rings. The van der Waals surface area contributed by atoms with Crippen molar-refractivity contribution in [1.29, 1.82) is 0 Å². The van der Waals surface area contributed by atoms with Gasteiger partial charge in [-0.05, 0) is 54.7 Å². The van der Waals surface area contributed by atoms with Crippen LogP contribution in [0.4, 0.5) is 15.8 Å². The number of nitrogens with one attached hydrogen (secondary N) is 2. The van der Waals surface area contributed by atoms with Crippen LogP contribution in [0.1, 0.15) is 40.4 Å². The Bertz CT molecular complexity index is 838. The highest BCUT2D eigenvalue weighted by Crippen LogP contribution is 2.36. The number of carbonyl (C=O) groups excluding carboxylic acids is 1. The Morgan fingerprint density at radius 1 is 1.28 bits per heavy atom. The lowest BCUT2D eigenvalue weighted by molar-refractivity contribution is -0.384. The van der Waals surface area contributed by atoms with Crippen molar-refractivity contribution >= 4 is 17.3 Å². The lowest BCUT2D eigenvalue weighted by atomic mass is 9.87. The molecular formula is C18H18FN3O3. The maximum atomic E-state index is 13.6. The fourth-order valence-electron chi connectivity index (χ4n) is 3.20. The summed E-state index contributed by atoms with van der Waals surface area (Å²) in [6, 6.07) is 8.78. The zero-order valence-electron chi connectivity index (χ0n) is 13.7. The quantitative estimate of drug-likeness (QED) is 0.656. The van der Waals surface area contributed by atoms with Crippen LogP contribution in [0, 0.1) is 15.9 Å². The van der Waals surface area contributed by atoms with E-state index in [9.17, 15) is 19.3 Å². The number of nitro benzene ring substituents is 1. The third-order valence-electron chi connectivity index (χ3n) is 4.44. The van der Waals surface area contributed by atoms with E-state index in [1.165, 1.54) is 37.4 Å². The Hall–Kier alpha value is -2.96. The van der Waals surface area contributed by atoms with Crippen molar-refractivity contribution in [1.82, 2.24) is 5.32 Å². The minimum absolute atomic E-state index is 0.176. The van der Waals surface area contributed by atoms with Crippen LogP contribution in [0.25, 0.3) is 0 Å². The second-order valence-electron chi connectivity index (χ2n) is 6.00. The fourth-order valence-corrected chi connectivity index (χ4v) is 3.20. The van der Waals surface area contributed by atoms with Gasteiger partial charge >= 0.3 is 0 Å². The second kappa shape index (κ2) is 6.88. The van der Waals surface area contributed by atoms with Gasteiger partial charge in [0.15, 0.2) is 0 Å². The number of anilines is 1. The number of hydrogen-bond donors (Lipinski definition) is 2. The molecule has 1 aliphatic carbocycles. The molecule has 1 amide bonds. The summed E-state index contributed by atoms with van der Waals surface area (Å²) in [6.45, 7) is 0. The van der Waals surface area contributed by atoms with E-state index in [-0.39, 0.29) is 29.0 Å². The summed E-state index contributed by atoms with van der Waals surface area (Å²) in [5.41, 5.74) is 2.24. The van der Waals surface area contributed by atoms with Crippen LogP contribution in [0.3, 0.4) is 0 Å². The molecule has 0 saturated heterocycles. The number of rotatable bonds is 4. The Balaban J connectivity index is 1.95. The minimum Gasteiger partial charge on any atom is -0.373 e. The van der Waals surface area contributed by atoms with Crippen LogP contribution < -0.4 is 10.6 Å². The Morgan fingerprint density at radius 2 is 2.08 bits per heavy atom. The predicted octanol–water partition coefficient (Wildman–Crippen LogP) is 3.58. The molecule has 7 heteroatoms. The summed E-state index contributed by atoms with van der Waals surface area (Å²) in [4.78, 5) is 22.6. The number of aryl methyl sites for hydroxylation is 1. The molecule has 0 fully saturated rings. The van der Waals surface area contributed by atoms with Gasteiger partial charge in [-0.2, -0.15) is 0 Å². The normalized spacial score (nSPS) is 16.0. The molecule has 0 aliphatic heterocycles. The van der Waals surface area contributed by atoms with Crippen molar-refractivity contribution in [2.75, 3.05) is 12.4 Å². The Labute approximate surface area is 144 Å². The Morgan fingerprint density at radius 3 is 2.80 bits per heavy atom. The molecule has 1 aliphatic rings. The zero-order valence-corrected chi connectivity index (χ0v) is 13.7. The fraction of sp³-hybridized carbons (Fsp3) is 0.278. The first-order valence-electron chi connectivity index (χ1n) is 8.05. The van der Waals surface area contributed by atoms with Crippen LogP contribution in [-0.2, 0) is 6.42 Å². The van der Waals surface area contributed by atoms with Crippen molar-refractivity contribution < 1.29 is 14.1 Å². The Kier molecular flexibility index (Phi) is 4.65. The van der Waals surface area contributed by atoms with Crippen molar-refractivity contribution in [2.24, 2.45) is 0 Å². The smallest absolute Gasteiger partial charge is 0.293 e. The molecule has 0 bridgehead atoms. The predicted molar refractivity (Wildman–Crippen MR) is 92.2 cm³/mol. The highest BCUT2D eigenvalue weighted by molar-refractivity contribution is 5.95. The molecule has 0 aromatic heterocycles. The molecule has 6 nitrogen and oxygen atoms in total. The zero-order chi connectivity index (χ0) is 18.0. The summed E-state index contributed by atoms with van der Waals surface area (Å²) in [6.07, 6.45) is 2.54. The summed E-state index contributed by atoms with van der Waals surface area (Å²) in [7, 11) is 1.47. The summed E-state index contributed by atoms with van der Waals surface area (Å²) < 4.78 is 13.6. The van der Waals surface area contributed by atoms with Gasteiger partial charge in [0.05, 0.1) is 11.0 Å². The van der Waals surface area contributed by atoms with Crippen molar-refractivity contribution in [3.63, 3.8) is 0 Å². The van der Waals surface area contributed by atoms with Crippen LogP contribution in [0.2, 0.25) is 0 Å². The van der Waals surface area contributed by atoms with E-state index in [1.807, 2.05) is 0 Å². The van der Waals surface area contributed by atoms with E-state index in [4.69, 9.17) is 0 Å². The van der Waals surface area contributed by atoms with E-state index < -0.39 is 4.92 Å². The van der Waals surface area contributed by atoms with E-state index in [2.05, 4.69) is 10.6 Å². The molecule has 25 heavy (non-hydrogen) atoms. The SMILES string of the molecule is CNC(=O)c1ccc(NC2CCCc3ccc(F)cc32)c([N+](=O)[O-])c1. The van der Waals surface area contributed by atoms with Gasteiger partial charge in [0.2, 0.25) is 0 Å². The standard InChI is InChI=1S/C18H18FN3O3/c1-20-18(23)12-6-8-16(17(9-12)22(24)25)21-15-4-2-3-11-5-7-13(19)10-14(11)15/h5-10,15,21H,2-4H2,1H3,(H,20,23). The molecule has 0 saturated carbocycles. The largest absolute Gasteiger partial charge is 0.373 e. The lowest BCUT2D eigenvalue weighted by Crippen LogP contribution is -2.20. The van der Waals surface area contributed by atoms with Crippen LogP contribution in [-0.4, -0.2) is 17.9 Å². The third-order valence-corrected chi connectivity index (χ3v) is 4.44. The molecule has 1 unspecified atom stereocenters. The average Bonchev–Trinajstić information content (AvgIpc) is 2.61. The summed E-state index contributed by atoms with van der Waals surface area (Å²) in [5, 5.41) is 17.0. The number of carbonyl (C=O) groups is 1. The number of nitrogens with zero attached hydrogens (tertiary/aromatic N) is 1. The van der Waals surface area contributed by atoms with Crippen LogP contribution in [0.5, 0.6) is 0 Å². The third kappa shape index (κ3) is 3.45. The highest BCUT2D eigenvalue weighted by Gasteiger charge is 2.24. The lowest BCUT2D eigenvalue weighted by Gasteiger charge is -2.27. The van der Waals surface area contributed by atoms with E-state index in [1.54, 1.807) is 6.07 Å². The topological polar surface area (TPSA) is 84.3 Å². The molecule has 0 spiro atoms. The van der Waals surface area contributed by atoms with Crippen LogP contribution >= 0.6 is 0 Å². The highest BCUT2D eigenvalue weighted by atomic mass is 19.1. The number of benzene rings is 2. The van der Waals surface area contributed by atoms with Crippen molar-refractivity contribution in [2.45, 2.75) is 25.3 Å². The van der Waals surface area contributed by atoms with Crippen molar-refractivity contribution in [3.05, 3.63) is 69.0 Å². The molecule has 2 N–H and O–H groups in total. The van der Waals surface area contributed by atoms with Gasteiger partial charge in [-0.3, -0.25) is 14.9 Å². The monoisotopic (exact) mass is 343 g/mol. The molecular weight excluding hydrogens is 325 g/mol. The molecule has 0 heterocycles. The molecule has 3 rings (SSSR count).